The van der Waals surface area contributed by atoms with E-state index in [1.165, 1.54) is 6.07 Å². The van der Waals surface area contributed by atoms with Crippen molar-refractivity contribution < 1.29 is 19.1 Å². The molecule has 0 aliphatic rings. The van der Waals surface area contributed by atoms with Gasteiger partial charge >= 0.3 is 5.97 Å². The maximum Gasteiger partial charge on any atom is 0.344 e. The number of para-hydroxylation sites is 1. The van der Waals surface area contributed by atoms with Gasteiger partial charge in [0.25, 0.3) is 5.91 Å². The van der Waals surface area contributed by atoms with Gasteiger partial charge in [-0.25, -0.2) is 9.78 Å². The summed E-state index contributed by atoms with van der Waals surface area (Å²) in [5, 5.41) is 4.20. The molecule has 150 valence electrons. The lowest BCUT2D eigenvalue weighted by Gasteiger charge is -2.12. The van der Waals surface area contributed by atoms with Gasteiger partial charge in [0.2, 0.25) is 0 Å². The quantitative estimate of drug-likeness (QED) is 0.528. The molecular formula is C20H15Cl3N2O4. The van der Waals surface area contributed by atoms with E-state index >= 15 is 0 Å². The molecule has 3 aromatic rings. The molecule has 0 fully saturated rings. The van der Waals surface area contributed by atoms with Crippen LogP contribution in [0, 0.1) is 6.92 Å². The van der Waals surface area contributed by atoms with Crippen LogP contribution in [-0.4, -0.2) is 30.1 Å². The van der Waals surface area contributed by atoms with E-state index in [1.54, 1.807) is 36.4 Å². The van der Waals surface area contributed by atoms with Gasteiger partial charge in [-0.1, -0.05) is 46.9 Å². The number of carbonyl (C=O) groups is 2. The molecular weight excluding hydrogens is 439 g/mol. The molecule has 0 spiro atoms. The van der Waals surface area contributed by atoms with Crippen molar-refractivity contribution in [1.82, 2.24) is 4.98 Å². The van der Waals surface area contributed by atoms with Gasteiger partial charge in [-0.3, -0.25) is 4.79 Å². The maximum atomic E-state index is 12.0. The topological polar surface area (TPSA) is 77.5 Å². The fourth-order valence-corrected chi connectivity index (χ4v) is 3.25. The summed E-state index contributed by atoms with van der Waals surface area (Å²) in [7, 11) is 0. The van der Waals surface area contributed by atoms with E-state index < -0.39 is 25.1 Å². The van der Waals surface area contributed by atoms with Gasteiger partial charge < -0.3 is 14.8 Å². The minimum absolute atomic E-state index is 0.213. The Bertz CT molecular complexity index is 1090. The van der Waals surface area contributed by atoms with Gasteiger partial charge in [-0.15, -0.1) is 0 Å². The molecule has 2 aromatic carbocycles. The molecule has 1 aromatic heterocycles. The predicted molar refractivity (Wildman–Crippen MR) is 113 cm³/mol. The number of ether oxygens (including phenoxy) is 2. The van der Waals surface area contributed by atoms with E-state index in [0.29, 0.717) is 26.6 Å². The number of aromatic nitrogens is 1. The number of aryl methyl sites for hydroxylation is 1. The molecule has 0 radical (unpaired) electrons. The summed E-state index contributed by atoms with van der Waals surface area (Å²) in [6.07, 6.45) is 0. The van der Waals surface area contributed by atoms with Crippen LogP contribution in [0.3, 0.4) is 0 Å². The third kappa shape index (κ3) is 5.29. The highest BCUT2D eigenvalue weighted by atomic mass is 35.5. The smallest absolute Gasteiger partial charge is 0.344 e. The van der Waals surface area contributed by atoms with Crippen LogP contribution in [0.15, 0.2) is 42.5 Å². The van der Waals surface area contributed by atoms with Crippen molar-refractivity contribution in [3.05, 3.63) is 63.2 Å². The Balaban J connectivity index is 1.60. The number of fused-ring (bicyclic) bond motifs is 1. The molecule has 1 amide bonds. The molecule has 0 bridgehead atoms. The largest absolute Gasteiger partial charge is 0.478 e. The number of halogens is 3. The number of hydrogen-bond donors (Lipinski definition) is 1. The van der Waals surface area contributed by atoms with E-state index in [0.717, 1.165) is 5.69 Å². The van der Waals surface area contributed by atoms with Crippen molar-refractivity contribution in [2.45, 2.75) is 6.92 Å². The van der Waals surface area contributed by atoms with Crippen LogP contribution in [0.25, 0.3) is 10.9 Å². The Morgan fingerprint density at radius 2 is 1.76 bits per heavy atom. The van der Waals surface area contributed by atoms with E-state index in [-0.39, 0.29) is 10.8 Å². The van der Waals surface area contributed by atoms with Crippen LogP contribution in [0.2, 0.25) is 15.1 Å². The normalized spacial score (nSPS) is 10.6. The molecule has 0 saturated carbocycles. The lowest BCUT2D eigenvalue weighted by atomic mass is 10.2. The molecule has 1 heterocycles. The van der Waals surface area contributed by atoms with Crippen molar-refractivity contribution in [3.63, 3.8) is 0 Å². The minimum Gasteiger partial charge on any atom is -0.478 e. The van der Waals surface area contributed by atoms with Crippen molar-refractivity contribution in [2.75, 3.05) is 18.5 Å². The Kier molecular flexibility index (Phi) is 6.79. The summed E-state index contributed by atoms with van der Waals surface area (Å²) in [6.45, 7) is 0.870. The zero-order valence-corrected chi connectivity index (χ0v) is 17.4. The number of nitrogens with one attached hydrogen (secondary N) is 1. The molecule has 29 heavy (non-hydrogen) atoms. The number of rotatable bonds is 6. The number of carbonyl (C=O) groups excluding carboxylic acids is 2. The van der Waals surface area contributed by atoms with Crippen molar-refractivity contribution in [1.29, 1.82) is 0 Å². The summed E-state index contributed by atoms with van der Waals surface area (Å²) >= 11 is 18.3. The summed E-state index contributed by atoms with van der Waals surface area (Å²) in [6, 6.07) is 11.8. The van der Waals surface area contributed by atoms with E-state index in [9.17, 15) is 9.59 Å². The molecule has 0 saturated heterocycles. The number of anilines is 1. The van der Waals surface area contributed by atoms with E-state index in [1.807, 2.05) is 6.92 Å². The highest BCUT2D eigenvalue weighted by Crippen LogP contribution is 2.37. The van der Waals surface area contributed by atoms with Crippen LogP contribution in [-0.2, 0) is 14.3 Å². The van der Waals surface area contributed by atoms with E-state index in [4.69, 9.17) is 44.3 Å². The van der Waals surface area contributed by atoms with Crippen LogP contribution in [0.5, 0.6) is 5.75 Å². The van der Waals surface area contributed by atoms with Gasteiger partial charge in [-0.05, 0) is 37.3 Å². The second kappa shape index (κ2) is 9.31. The maximum absolute atomic E-state index is 12.0. The fourth-order valence-electron chi connectivity index (χ4n) is 2.50. The summed E-state index contributed by atoms with van der Waals surface area (Å²) < 4.78 is 10.4. The molecule has 9 heteroatoms. The fraction of sp³-hybridized carbons (Fsp3) is 0.150. The molecule has 3 rings (SSSR count). The van der Waals surface area contributed by atoms with Gasteiger partial charge in [-0.2, -0.15) is 0 Å². The number of nitrogens with zero attached hydrogens (tertiary/aromatic N) is 1. The monoisotopic (exact) mass is 452 g/mol. The first-order chi connectivity index (χ1) is 13.8. The van der Waals surface area contributed by atoms with Gasteiger partial charge in [0.05, 0.1) is 20.8 Å². The summed E-state index contributed by atoms with van der Waals surface area (Å²) in [5.41, 5.74) is 1.60. The first kappa shape index (κ1) is 21.2. The Morgan fingerprint density at radius 3 is 2.52 bits per heavy atom. The first-order valence-electron chi connectivity index (χ1n) is 8.43. The number of benzene rings is 2. The van der Waals surface area contributed by atoms with Crippen molar-refractivity contribution in [2.24, 2.45) is 0 Å². The third-order valence-corrected chi connectivity index (χ3v) is 4.75. The standard InChI is InChI=1S/C20H15Cl3N2O4/c1-11-6-7-12-14(22)8-15(23)20(19(12)24-11)29-10-18(27)28-9-17(26)25-16-5-3-2-4-13(16)21/h2-8H,9-10H2,1H3,(H,25,26). The number of amides is 1. The van der Waals surface area contributed by atoms with E-state index in [2.05, 4.69) is 10.3 Å². The average molecular weight is 454 g/mol. The molecule has 0 atom stereocenters. The lowest BCUT2D eigenvalue weighted by molar-refractivity contribution is -0.149. The second-order valence-electron chi connectivity index (χ2n) is 6.00. The third-order valence-electron chi connectivity index (χ3n) is 3.82. The predicted octanol–water partition coefficient (Wildman–Crippen LogP) is 5.06. The molecule has 0 aliphatic heterocycles. The second-order valence-corrected chi connectivity index (χ2v) is 7.22. The zero-order valence-electron chi connectivity index (χ0n) is 15.2. The van der Waals surface area contributed by atoms with Crippen LogP contribution in [0.1, 0.15) is 5.69 Å². The average Bonchev–Trinajstić information content (AvgIpc) is 2.67. The van der Waals surface area contributed by atoms with Crippen molar-refractivity contribution >= 4 is 63.3 Å². The molecule has 1 N–H and O–H groups in total. The minimum atomic E-state index is -0.744. The summed E-state index contributed by atoms with van der Waals surface area (Å²) in [5.74, 6) is -1.06. The Labute approximate surface area is 181 Å². The lowest BCUT2D eigenvalue weighted by Crippen LogP contribution is -2.23. The molecule has 0 unspecified atom stereocenters. The molecule has 0 aliphatic carbocycles. The van der Waals surface area contributed by atoms with Crippen LogP contribution in [0.4, 0.5) is 5.69 Å². The van der Waals surface area contributed by atoms with Gasteiger partial charge in [0.15, 0.2) is 19.0 Å². The van der Waals surface area contributed by atoms with Gasteiger partial charge in [0.1, 0.15) is 5.52 Å². The zero-order chi connectivity index (χ0) is 21.0. The number of hydrogen-bond acceptors (Lipinski definition) is 5. The summed E-state index contributed by atoms with van der Waals surface area (Å²) in [4.78, 5) is 28.3. The number of pyridine rings is 1. The van der Waals surface area contributed by atoms with Crippen LogP contribution < -0.4 is 10.1 Å². The Hall–Kier alpha value is -2.54. The highest BCUT2D eigenvalue weighted by Gasteiger charge is 2.16. The van der Waals surface area contributed by atoms with Crippen molar-refractivity contribution in [3.8, 4) is 5.75 Å². The molecule has 6 nitrogen and oxygen atoms in total. The SMILES string of the molecule is Cc1ccc2c(Cl)cc(Cl)c(OCC(=O)OCC(=O)Nc3ccccc3Cl)c2n1. The van der Waals surface area contributed by atoms with Crippen LogP contribution >= 0.6 is 34.8 Å². The first-order valence-corrected chi connectivity index (χ1v) is 9.56. The highest BCUT2D eigenvalue weighted by molar-refractivity contribution is 6.39. The van der Waals surface area contributed by atoms with Gasteiger partial charge in [0, 0.05) is 11.1 Å². The number of esters is 1. The Morgan fingerprint density at radius 1 is 1.00 bits per heavy atom.